The quantitative estimate of drug-likeness (QED) is 0.750. The number of ether oxygens (including phenoxy) is 4. The van der Waals surface area contributed by atoms with Crippen LogP contribution < -0.4 is 5.32 Å². The lowest BCUT2D eigenvalue weighted by molar-refractivity contribution is -0.144. The third kappa shape index (κ3) is 4.39. The summed E-state index contributed by atoms with van der Waals surface area (Å²) in [4.78, 5) is 25.5. The van der Waals surface area contributed by atoms with E-state index in [1.807, 2.05) is 0 Å². The van der Waals surface area contributed by atoms with Gasteiger partial charge >= 0.3 is 11.9 Å². The predicted molar refractivity (Wildman–Crippen MR) is 94.5 cm³/mol. The zero-order chi connectivity index (χ0) is 19.4. The molecule has 0 aromatic heterocycles. The molecular formula is C19H27NO6. The number of carbonyl (C=O) groups excluding carboxylic acids is 2. The lowest BCUT2D eigenvalue weighted by Gasteiger charge is -2.32. The van der Waals surface area contributed by atoms with Gasteiger partial charge in [0.05, 0.1) is 29.3 Å². The summed E-state index contributed by atoms with van der Waals surface area (Å²) in [5.41, 5.74) is 1.84. The van der Waals surface area contributed by atoms with Crippen LogP contribution in [0.15, 0.2) is 34.6 Å². The second kappa shape index (κ2) is 8.29. The molecule has 0 atom stereocenters. The van der Waals surface area contributed by atoms with E-state index in [9.17, 15) is 9.59 Å². The van der Waals surface area contributed by atoms with E-state index in [4.69, 9.17) is 18.9 Å². The van der Waals surface area contributed by atoms with E-state index in [1.165, 1.54) is 6.26 Å². The van der Waals surface area contributed by atoms with E-state index in [2.05, 4.69) is 5.32 Å². The van der Waals surface area contributed by atoms with Gasteiger partial charge in [0.25, 0.3) is 0 Å². The summed E-state index contributed by atoms with van der Waals surface area (Å²) >= 11 is 0. The average Bonchev–Trinajstić information content (AvgIpc) is 2.53. The van der Waals surface area contributed by atoms with Crippen LogP contribution in [0.3, 0.4) is 0 Å². The molecule has 0 saturated heterocycles. The summed E-state index contributed by atoms with van der Waals surface area (Å²) in [6, 6.07) is 0. The van der Waals surface area contributed by atoms with Gasteiger partial charge in [-0.25, -0.2) is 9.59 Å². The van der Waals surface area contributed by atoms with Crippen molar-refractivity contribution in [3.05, 3.63) is 34.6 Å². The second-order valence-corrected chi connectivity index (χ2v) is 6.78. The number of carbonyl (C=O) groups is 2. The van der Waals surface area contributed by atoms with Crippen molar-refractivity contribution in [3.8, 4) is 0 Å². The summed E-state index contributed by atoms with van der Waals surface area (Å²) < 4.78 is 21.9. The number of hydrogen-bond donors (Lipinski definition) is 1. The number of hydrogen-bond acceptors (Lipinski definition) is 7. The Morgan fingerprint density at radius 3 is 1.88 bits per heavy atom. The summed E-state index contributed by atoms with van der Waals surface area (Å²) in [5.74, 6) is -1.36. The lowest BCUT2D eigenvalue weighted by Crippen LogP contribution is -2.36. The van der Waals surface area contributed by atoms with E-state index in [0.717, 1.165) is 0 Å². The molecule has 2 rings (SSSR count). The average molecular weight is 365 g/mol. The van der Waals surface area contributed by atoms with Crippen molar-refractivity contribution < 1.29 is 28.5 Å². The first kappa shape index (κ1) is 19.9. The zero-order valence-corrected chi connectivity index (χ0v) is 16.2. The van der Waals surface area contributed by atoms with E-state index >= 15 is 0 Å². The van der Waals surface area contributed by atoms with Crippen molar-refractivity contribution in [2.45, 2.75) is 53.8 Å². The summed E-state index contributed by atoms with van der Waals surface area (Å²) in [6.45, 7) is 11.4. The molecule has 26 heavy (non-hydrogen) atoms. The number of esters is 2. The topological polar surface area (TPSA) is 83.1 Å². The normalized spacial score (nSPS) is 18.2. The van der Waals surface area contributed by atoms with Crippen molar-refractivity contribution in [1.29, 1.82) is 0 Å². The maximum atomic E-state index is 12.8. The standard InChI is InChI=1S/C19H27NO6/c1-10(2)25-18(21)15-12(5)20-13(6)16(19(22)26-11(3)4)17(15)14-9-23-7-8-24-14/h9-11,17,20H,7-8H2,1-6H3. The van der Waals surface area contributed by atoms with Gasteiger partial charge in [-0.1, -0.05) is 0 Å². The molecule has 0 radical (unpaired) electrons. The van der Waals surface area contributed by atoms with Gasteiger partial charge in [-0.15, -0.1) is 0 Å². The Morgan fingerprint density at radius 2 is 1.50 bits per heavy atom. The van der Waals surface area contributed by atoms with Crippen molar-refractivity contribution >= 4 is 11.9 Å². The number of nitrogens with one attached hydrogen (secondary N) is 1. The summed E-state index contributed by atoms with van der Waals surface area (Å²) in [5, 5.41) is 3.09. The maximum absolute atomic E-state index is 12.8. The maximum Gasteiger partial charge on any atom is 0.337 e. The van der Waals surface area contributed by atoms with Gasteiger partial charge in [0.2, 0.25) is 0 Å². The van der Waals surface area contributed by atoms with E-state index in [0.29, 0.717) is 41.5 Å². The Morgan fingerprint density at radius 1 is 1.00 bits per heavy atom. The molecule has 0 aromatic carbocycles. The molecule has 0 amide bonds. The van der Waals surface area contributed by atoms with Gasteiger partial charge in [-0.05, 0) is 41.5 Å². The smallest absolute Gasteiger partial charge is 0.337 e. The molecule has 0 unspecified atom stereocenters. The van der Waals surface area contributed by atoms with Gasteiger partial charge in [0, 0.05) is 11.4 Å². The highest BCUT2D eigenvalue weighted by Gasteiger charge is 2.41. The monoisotopic (exact) mass is 365 g/mol. The fourth-order valence-electron chi connectivity index (χ4n) is 2.91. The van der Waals surface area contributed by atoms with Crippen LogP contribution in [-0.2, 0) is 28.5 Å². The van der Waals surface area contributed by atoms with Crippen LogP contribution in [0, 0.1) is 5.92 Å². The van der Waals surface area contributed by atoms with Crippen LogP contribution in [0.1, 0.15) is 41.5 Å². The molecule has 0 saturated carbocycles. The van der Waals surface area contributed by atoms with Crippen LogP contribution >= 0.6 is 0 Å². The first-order valence-electron chi connectivity index (χ1n) is 8.77. The molecule has 7 nitrogen and oxygen atoms in total. The zero-order valence-electron chi connectivity index (χ0n) is 16.2. The molecule has 0 spiro atoms. The minimum atomic E-state index is -0.742. The van der Waals surface area contributed by atoms with Crippen LogP contribution in [0.4, 0.5) is 0 Å². The molecule has 2 heterocycles. The highest BCUT2D eigenvalue weighted by atomic mass is 16.6. The largest absolute Gasteiger partial charge is 0.494 e. The van der Waals surface area contributed by atoms with E-state index in [1.54, 1.807) is 41.5 Å². The van der Waals surface area contributed by atoms with E-state index < -0.39 is 17.9 Å². The van der Waals surface area contributed by atoms with Gasteiger partial charge in [-0.3, -0.25) is 0 Å². The Bertz CT molecular complexity index is 628. The van der Waals surface area contributed by atoms with Gasteiger partial charge in [-0.2, -0.15) is 0 Å². The Hall–Kier alpha value is -2.44. The van der Waals surface area contributed by atoms with Crippen molar-refractivity contribution in [2.24, 2.45) is 5.92 Å². The van der Waals surface area contributed by atoms with Gasteiger partial charge in [0.15, 0.2) is 0 Å². The number of dihydropyridines is 1. The minimum absolute atomic E-state index is 0.293. The second-order valence-electron chi connectivity index (χ2n) is 6.78. The molecule has 0 bridgehead atoms. The molecule has 0 aliphatic carbocycles. The molecular weight excluding hydrogens is 338 g/mol. The van der Waals surface area contributed by atoms with E-state index in [-0.39, 0.29) is 12.2 Å². The molecule has 1 N–H and O–H groups in total. The predicted octanol–water partition coefficient (Wildman–Crippen LogP) is 2.55. The third-order valence-electron chi connectivity index (χ3n) is 3.84. The SMILES string of the molecule is CC1=C(C(=O)OC(C)C)C(C2=COCCO2)C(C(=O)OC(C)C)=C(C)N1. The molecule has 7 heteroatoms. The highest BCUT2D eigenvalue weighted by molar-refractivity contribution is 5.98. The first-order valence-corrected chi connectivity index (χ1v) is 8.77. The molecule has 0 fully saturated rings. The Kier molecular flexibility index (Phi) is 6.34. The molecule has 144 valence electrons. The molecule has 0 aromatic rings. The fraction of sp³-hybridized carbons (Fsp3) is 0.579. The number of rotatable bonds is 5. The lowest BCUT2D eigenvalue weighted by atomic mass is 9.84. The van der Waals surface area contributed by atoms with Crippen molar-refractivity contribution in [1.82, 2.24) is 5.32 Å². The van der Waals surface area contributed by atoms with Crippen molar-refractivity contribution in [3.63, 3.8) is 0 Å². The van der Waals surface area contributed by atoms with Crippen LogP contribution in [0.25, 0.3) is 0 Å². The first-order chi connectivity index (χ1) is 12.2. The fourth-order valence-corrected chi connectivity index (χ4v) is 2.91. The third-order valence-corrected chi connectivity index (χ3v) is 3.84. The van der Waals surface area contributed by atoms with Crippen LogP contribution in [0.5, 0.6) is 0 Å². The summed E-state index contributed by atoms with van der Waals surface area (Å²) in [7, 11) is 0. The van der Waals surface area contributed by atoms with Crippen LogP contribution in [-0.4, -0.2) is 37.4 Å². The number of allylic oxidation sites excluding steroid dienone is 3. The van der Waals surface area contributed by atoms with Crippen molar-refractivity contribution in [2.75, 3.05) is 13.2 Å². The molecule has 2 aliphatic rings. The Labute approximate surface area is 154 Å². The Balaban J connectivity index is 2.52. The summed E-state index contributed by atoms with van der Waals surface area (Å²) in [6.07, 6.45) is 0.865. The van der Waals surface area contributed by atoms with Gasteiger partial charge < -0.3 is 24.3 Å². The highest BCUT2D eigenvalue weighted by Crippen LogP contribution is 2.38. The van der Waals surface area contributed by atoms with Gasteiger partial charge in [0.1, 0.15) is 25.2 Å². The van der Waals surface area contributed by atoms with Crippen LogP contribution in [0.2, 0.25) is 0 Å². The molecule has 2 aliphatic heterocycles. The minimum Gasteiger partial charge on any atom is -0.494 e.